The summed E-state index contributed by atoms with van der Waals surface area (Å²) in [5.74, 6) is -1.48. The first-order valence-electron chi connectivity index (χ1n) is 5.38. The number of halogens is 2. The summed E-state index contributed by atoms with van der Waals surface area (Å²) in [6.45, 7) is 4.10. The molecule has 0 amide bonds. The molecule has 0 aliphatic carbocycles. The van der Waals surface area contributed by atoms with Gasteiger partial charge in [-0.25, -0.2) is 8.78 Å². The first-order valence-corrected chi connectivity index (χ1v) is 5.38. The van der Waals surface area contributed by atoms with E-state index in [1.54, 1.807) is 0 Å². The van der Waals surface area contributed by atoms with Gasteiger partial charge >= 0.3 is 0 Å². The predicted molar refractivity (Wildman–Crippen MR) is 59.3 cm³/mol. The van der Waals surface area contributed by atoms with Crippen molar-refractivity contribution in [2.45, 2.75) is 26.3 Å². The van der Waals surface area contributed by atoms with Crippen molar-refractivity contribution in [3.8, 4) is 5.75 Å². The van der Waals surface area contributed by atoms with E-state index in [-0.39, 0.29) is 24.3 Å². The van der Waals surface area contributed by atoms with Crippen molar-refractivity contribution in [2.24, 2.45) is 11.7 Å². The van der Waals surface area contributed by atoms with Crippen LogP contribution in [0.4, 0.5) is 8.78 Å². The molecule has 16 heavy (non-hydrogen) atoms. The second-order valence-corrected chi connectivity index (χ2v) is 3.91. The van der Waals surface area contributed by atoms with Crippen molar-refractivity contribution in [2.75, 3.05) is 6.61 Å². The smallest absolute Gasteiger partial charge is 0.190 e. The lowest BCUT2D eigenvalue weighted by atomic mass is 10.0. The van der Waals surface area contributed by atoms with Crippen molar-refractivity contribution in [1.82, 2.24) is 0 Å². The monoisotopic (exact) mass is 229 g/mol. The molecular weight excluding hydrogens is 212 g/mol. The van der Waals surface area contributed by atoms with Crippen molar-refractivity contribution in [3.05, 3.63) is 29.8 Å². The fourth-order valence-corrected chi connectivity index (χ4v) is 1.27. The van der Waals surface area contributed by atoms with Crippen molar-refractivity contribution in [1.29, 1.82) is 0 Å². The van der Waals surface area contributed by atoms with Gasteiger partial charge in [0.1, 0.15) is 6.61 Å². The Morgan fingerprint density at radius 2 is 1.88 bits per heavy atom. The van der Waals surface area contributed by atoms with Gasteiger partial charge in [0.25, 0.3) is 0 Å². The highest BCUT2D eigenvalue weighted by atomic mass is 19.1. The molecule has 0 spiro atoms. The van der Waals surface area contributed by atoms with Gasteiger partial charge in [-0.15, -0.1) is 0 Å². The van der Waals surface area contributed by atoms with Crippen LogP contribution in [0.3, 0.4) is 0 Å². The SMILES string of the molecule is CCC(C)C(N)COc1c(F)cccc1F. The van der Waals surface area contributed by atoms with Crippen LogP contribution in [0.2, 0.25) is 0 Å². The molecule has 1 aromatic rings. The second-order valence-electron chi connectivity index (χ2n) is 3.91. The third kappa shape index (κ3) is 3.17. The summed E-state index contributed by atoms with van der Waals surface area (Å²) in [7, 11) is 0. The van der Waals surface area contributed by atoms with Crippen molar-refractivity contribution >= 4 is 0 Å². The average Bonchev–Trinajstić information content (AvgIpc) is 2.27. The summed E-state index contributed by atoms with van der Waals surface area (Å²) in [5.41, 5.74) is 5.81. The molecule has 2 atom stereocenters. The summed E-state index contributed by atoms with van der Waals surface area (Å²) >= 11 is 0. The third-order valence-electron chi connectivity index (χ3n) is 2.71. The van der Waals surface area contributed by atoms with E-state index in [0.29, 0.717) is 0 Å². The van der Waals surface area contributed by atoms with Gasteiger partial charge in [0.15, 0.2) is 17.4 Å². The Morgan fingerprint density at radius 1 is 1.31 bits per heavy atom. The van der Waals surface area contributed by atoms with E-state index < -0.39 is 11.6 Å². The molecule has 0 aliphatic rings. The number of ether oxygens (including phenoxy) is 1. The zero-order valence-corrected chi connectivity index (χ0v) is 9.54. The minimum Gasteiger partial charge on any atom is -0.486 e. The first-order chi connectivity index (χ1) is 7.56. The largest absolute Gasteiger partial charge is 0.486 e. The summed E-state index contributed by atoms with van der Waals surface area (Å²) in [4.78, 5) is 0. The number of hydrogen-bond donors (Lipinski definition) is 1. The summed E-state index contributed by atoms with van der Waals surface area (Å²) in [6, 6.07) is 3.40. The molecule has 0 fully saturated rings. The lowest BCUT2D eigenvalue weighted by Crippen LogP contribution is -2.34. The number of nitrogens with two attached hydrogens (primary N) is 1. The minimum atomic E-state index is -0.698. The van der Waals surface area contributed by atoms with Crippen LogP contribution in [0.1, 0.15) is 20.3 Å². The summed E-state index contributed by atoms with van der Waals surface area (Å²) in [5, 5.41) is 0. The van der Waals surface area contributed by atoms with Gasteiger partial charge in [-0.05, 0) is 18.1 Å². The number of hydrogen-bond acceptors (Lipinski definition) is 2. The van der Waals surface area contributed by atoms with Crippen LogP contribution in [0.15, 0.2) is 18.2 Å². The molecule has 1 rings (SSSR count). The van der Waals surface area contributed by atoms with Gasteiger partial charge in [-0.2, -0.15) is 0 Å². The molecule has 0 aliphatic heterocycles. The van der Waals surface area contributed by atoms with Crippen LogP contribution < -0.4 is 10.5 Å². The van der Waals surface area contributed by atoms with Crippen LogP contribution in [-0.2, 0) is 0 Å². The van der Waals surface area contributed by atoms with E-state index in [9.17, 15) is 8.78 Å². The Hall–Kier alpha value is -1.16. The lowest BCUT2D eigenvalue weighted by molar-refractivity contribution is 0.231. The van der Waals surface area contributed by atoms with Crippen LogP contribution in [0, 0.1) is 17.6 Å². The van der Waals surface area contributed by atoms with Gasteiger partial charge in [0.05, 0.1) is 0 Å². The molecule has 0 aromatic heterocycles. The van der Waals surface area contributed by atoms with Crippen LogP contribution >= 0.6 is 0 Å². The second kappa shape index (κ2) is 5.80. The number of rotatable bonds is 5. The van der Waals surface area contributed by atoms with Gasteiger partial charge in [-0.3, -0.25) is 0 Å². The van der Waals surface area contributed by atoms with Gasteiger partial charge < -0.3 is 10.5 Å². The minimum absolute atomic E-state index is 0.118. The standard InChI is InChI=1S/C12H17F2NO/c1-3-8(2)11(15)7-16-12-9(13)5-4-6-10(12)14/h4-6,8,11H,3,7,15H2,1-2H3. The molecule has 0 bridgehead atoms. The molecule has 2 unspecified atom stereocenters. The Balaban J connectivity index is 2.61. The maximum Gasteiger partial charge on any atom is 0.190 e. The topological polar surface area (TPSA) is 35.2 Å². The Bertz CT molecular complexity index is 324. The quantitative estimate of drug-likeness (QED) is 0.842. The average molecular weight is 229 g/mol. The van der Waals surface area contributed by atoms with Gasteiger partial charge in [0, 0.05) is 6.04 Å². The molecule has 2 N–H and O–H groups in total. The highest BCUT2D eigenvalue weighted by Gasteiger charge is 2.15. The normalized spacial score (nSPS) is 14.6. The molecule has 0 saturated heterocycles. The van der Waals surface area contributed by atoms with E-state index in [0.717, 1.165) is 18.6 Å². The summed E-state index contributed by atoms with van der Waals surface area (Å²) in [6.07, 6.45) is 0.907. The maximum absolute atomic E-state index is 13.2. The zero-order valence-electron chi connectivity index (χ0n) is 9.54. The first kappa shape index (κ1) is 12.9. The third-order valence-corrected chi connectivity index (χ3v) is 2.71. The fourth-order valence-electron chi connectivity index (χ4n) is 1.27. The van der Waals surface area contributed by atoms with Gasteiger partial charge in [-0.1, -0.05) is 26.3 Å². The number of para-hydroxylation sites is 1. The Labute approximate surface area is 94.4 Å². The number of benzene rings is 1. The molecule has 4 heteroatoms. The van der Waals surface area contributed by atoms with Crippen molar-refractivity contribution < 1.29 is 13.5 Å². The Morgan fingerprint density at radius 3 is 2.38 bits per heavy atom. The van der Waals surface area contributed by atoms with E-state index in [4.69, 9.17) is 10.5 Å². The van der Waals surface area contributed by atoms with E-state index >= 15 is 0 Å². The highest BCUT2D eigenvalue weighted by molar-refractivity contribution is 5.26. The lowest BCUT2D eigenvalue weighted by Gasteiger charge is -2.19. The fraction of sp³-hybridized carbons (Fsp3) is 0.500. The molecule has 0 saturated carbocycles. The molecule has 90 valence electrons. The van der Waals surface area contributed by atoms with E-state index in [1.807, 2.05) is 13.8 Å². The molecule has 0 radical (unpaired) electrons. The summed E-state index contributed by atoms with van der Waals surface area (Å²) < 4.78 is 31.4. The molecular formula is C12H17F2NO. The van der Waals surface area contributed by atoms with Crippen LogP contribution in [0.5, 0.6) is 5.75 Å². The van der Waals surface area contributed by atoms with Crippen molar-refractivity contribution in [3.63, 3.8) is 0 Å². The van der Waals surface area contributed by atoms with E-state index in [1.165, 1.54) is 6.07 Å². The maximum atomic E-state index is 13.2. The Kier molecular flexibility index (Phi) is 4.68. The van der Waals surface area contributed by atoms with E-state index in [2.05, 4.69) is 0 Å². The van der Waals surface area contributed by atoms with Crippen LogP contribution in [0.25, 0.3) is 0 Å². The molecule has 1 aromatic carbocycles. The molecule has 0 heterocycles. The predicted octanol–water partition coefficient (Wildman–Crippen LogP) is 2.72. The zero-order chi connectivity index (χ0) is 12.1. The van der Waals surface area contributed by atoms with Gasteiger partial charge in [0.2, 0.25) is 0 Å². The molecule has 2 nitrogen and oxygen atoms in total. The van der Waals surface area contributed by atoms with Crippen LogP contribution in [-0.4, -0.2) is 12.6 Å². The highest BCUT2D eigenvalue weighted by Crippen LogP contribution is 2.21.